The highest BCUT2D eigenvalue weighted by molar-refractivity contribution is 5.30. The standard InChI is InChI=1S/C11H17NO/c1-8-6-4-5-7-9(8)10(12)11(2,3)13/h4-7,10,13H,12H2,1-3H3/t10-/m1/s1. The summed E-state index contributed by atoms with van der Waals surface area (Å²) in [5, 5.41) is 9.74. The molecular weight excluding hydrogens is 162 g/mol. The van der Waals surface area contributed by atoms with Crippen molar-refractivity contribution in [3.8, 4) is 0 Å². The Labute approximate surface area is 79.4 Å². The van der Waals surface area contributed by atoms with Crippen LogP contribution in [0.5, 0.6) is 0 Å². The number of aryl methyl sites for hydroxylation is 1. The van der Waals surface area contributed by atoms with Crippen LogP contribution in [-0.2, 0) is 0 Å². The normalized spacial score (nSPS) is 14.2. The van der Waals surface area contributed by atoms with Gasteiger partial charge in [-0.2, -0.15) is 0 Å². The second kappa shape index (κ2) is 3.48. The first-order valence-corrected chi connectivity index (χ1v) is 4.46. The topological polar surface area (TPSA) is 46.2 Å². The van der Waals surface area contributed by atoms with Gasteiger partial charge in [0, 0.05) is 0 Å². The molecule has 2 nitrogen and oxygen atoms in total. The lowest BCUT2D eigenvalue weighted by Gasteiger charge is -2.27. The predicted molar refractivity (Wildman–Crippen MR) is 54.4 cm³/mol. The van der Waals surface area contributed by atoms with E-state index in [1.165, 1.54) is 0 Å². The van der Waals surface area contributed by atoms with E-state index in [-0.39, 0.29) is 6.04 Å². The molecular formula is C11H17NO. The molecule has 1 rings (SSSR count). The van der Waals surface area contributed by atoms with Gasteiger partial charge in [0.15, 0.2) is 0 Å². The highest BCUT2D eigenvalue weighted by Gasteiger charge is 2.25. The lowest BCUT2D eigenvalue weighted by Crippen LogP contribution is -2.35. The molecule has 0 aliphatic heterocycles. The third-order valence-corrected chi connectivity index (χ3v) is 2.28. The molecule has 13 heavy (non-hydrogen) atoms. The van der Waals surface area contributed by atoms with E-state index in [0.29, 0.717) is 0 Å². The first kappa shape index (κ1) is 10.2. The van der Waals surface area contributed by atoms with E-state index in [2.05, 4.69) is 0 Å². The van der Waals surface area contributed by atoms with Gasteiger partial charge in [0.2, 0.25) is 0 Å². The Balaban J connectivity index is 3.02. The van der Waals surface area contributed by atoms with Crippen LogP contribution in [-0.4, -0.2) is 10.7 Å². The molecule has 0 aliphatic carbocycles. The molecule has 0 amide bonds. The van der Waals surface area contributed by atoms with Crippen molar-refractivity contribution in [3.05, 3.63) is 35.4 Å². The summed E-state index contributed by atoms with van der Waals surface area (Å²) < 4.78 is 0. The Bertz CT molecular complexity index is 288. The van der Waals surface area contributed by atoms with Crippen molar-refractivity contribution in [2.75, 3.05) is 0 Å². The van der Waals surface area contributed by atoms with Crippen LogP contribution in [0.4, 0.5) is 0 Å². The second-order valence-corrected chi connectivity index (χ2v) is 3.99. The van der Waals surface area contributed by atoms with Gasteiger partial charge in [-0.3, -0.25) is 0 Å². The number of hydrogen-bond donors (Lipinski definition) is 2. The monoisotopic (exact) mass is 179 g/mol. The zero-order valence-electron chi connectivity index (χ0n) is 8.41. The molecule has 0 saturated heterocycles. The third kappa shape index (κ3) is 2.29. The van der Waals surface area contributed by atoms with Crippen LogP contribution in [0.15, 0.2) is 24.3 Å². The molecule has 1 aromatic rings. The van der Waals surface area contributed by atoms with E-state index in [4.69, 9.17) is 5.73 Å². The van der Waals surface area contributed by atoms with E-state index in [1.54, 1.807) is 13.8 Å². The van der Waals surface area contributed by atoms with Gasteiger partial charge >= 0.3 is 0 Å². The maximum atomic E-state index is 9.74. The van der Waals surface area contributed by atoms with Gasteiger partial charge < -0.3 is 10.8 Å². The number of nitrogens with two attached hydrogens (primary N) is 1. The SMILES string of the molecule is Cc1ccccc1[C@@H](N)C(C)(C)O. The Morgan fingerprint density at radius 3 is 2.31 bits per heavy atom. The predicted octanol–water partition coefficient (Wildman–Crippen LogP) is 1.77. The van der Waals surface area contributed by atoms with Gasteiger partial charge in [0.1, 0.15) is 0 Å². The van der Waals surface area contributed by atoms with Crippen LogP contribution in [0.2, 0.25) is 0 Å². The zero-order valence-corrected chi connectivity index (χ0v) is 8.41. The van der Waals surface area contributed by atoms with Crippen molar-refractivity contribution < 1.29 is 5.11 Å². The van der Waals surface area contributed by atoms with Crippen LogP contribution >= 0.6 is 0 Å². The van der Waals surface area contributed by atoms with Gasteiger partial charge in [-0.05, 0) is 31.9 Å². The largest absolute Gasteiger partial charge is 0.388 e. The number of hydrogen-bond acceptors (Lipinski definition) is 2. The molecule has 2 heteroatoms. The van der Waals surface area contributed by atoms with Crippen molar-refractivity contribution >= 4 is 0 Å². The quantitative estimate of drug-likeness (QED) is 0.726. The Hall–Kier alpha value is -0.860. The molecule has 0 aromatic heterocycles. The average molecular weight is 179 g/mol. The van der Waals surface area contributed by atoms with Crippen molar-refractivity contribution in [2.45, 2.75) is 32.4 Å². The fourth-order valence-corrected chi connectivity index (χ4v) is 1.32. The van der Waals surface area contributed by atoms with Gasteiger partial charge in [0.05, 0.1) is 11.6 Å². The summed E-state index contributed by atoms with van der Waals surface area (Å²) in [6, 6.07) is 7.54. The zero-order chi connectivity index (χ0) is 10.1. The summed E-state index contributed by atoms with van der Waals surface area (Å²) in [4.78, 5) is 0. The summed E-state index contributed by atoms with van der Waals surface area (Å²) in [5.41, 5.74) is 7.19. The lowest BCUT2D eigenvalue weighted by molar-refractivity contribution is 0.0515. The number of aliphatic hydroxyl groups is 1. The lowest BCUT2D eigenvalue weighted by atomic mass is 9.90. The molecule has 0 radical (unpaired) electrons. The van der Waals surface area contributed by atoms with Gasteiger partial charge in [0.25, 0.3) is 0 Å². The molecule has 0 fully saturated rings. The van der Waals surface area contributed by atoms with Gasteiger partial charge in [-0.15, -0.1) is 0 Å². The molecule has 0 heterocycles. The summed E-state index contributed by atoms with van der Waals surface area (Å²) in [7, 11) is 0. The summed E-state index contributed by atoms with van der Waals surface area (Å²) >= 11 is 0. The van der Waals surface area contributed by atoms with E-state index in [1.807, 2.05) is 31.2 Å². The first-order chi connectivity index (χ1) is 5.93. The van der Waals surface area contributed by atoms with Crippen LogP contribution in [0.25, 0.3) is 0 Å². The summed E-state index contributed by atoms with van der Waals surface area (Å²) in [6.45, 7) is 5.45. The second-order valence-electron chi connectivity index (χ2n) is 3.99. The van der Waals surface area contributed by atoms with E-state index >= 15 is 0 Å². The van der Waals surface area contributed by atoms with Crippen LogP contribution in [0, 0.1) is 6.92 Å². The van der Waals surface area contributed by atoms with Crippen LogP contribution in [0.3, 0.4) is 0 Å². The van der Waals surface area contributed by atoms with Gasteiger partial charge in [-0.1, -0.05) is 24.3 Å². The summed E-state index contributed by atoms with van der Waals surface area (Å²) in [6.07, 6.45) is 0. The van der Waals surface area contributed by atoms with Crippen LogP contribution < -0.4 is 5.73 Å². The molecule has 0 aliphatic rings. The maximum Gasteiger partial charge on any atom is 0.0783 e. The molecule has 1 atom stereocenters. The van der Waals surface area contributed by atoms with Crippen molar-refractivity contribution in [1.29, 1.82) is 0 Å². The van der Waals surface area contributed by atoms with E-state index in [9.17, 15) is 5.11 Å². The van der Waals surface area contributed by atoms with E-state index < -0.39 is 5.60 Å². The minimum Gasteiger partial charge on any atom is -0.388 e. The highest BCUT2D eigenvalue weighted by atomic mass is 16.3. The summed E-state index contributed by atoms with van der Waals surface area (Å²) in [5.74, 6) is 0. The van der Waals surface area contributed by atoms with Crippen molar-refractivity contribution in [2.24, 2.45) is 5.73 Å². The molecule has 0 saturated carbocycles. The van der Waals surface area contributed by atoms with Crippen molar-refractivity contribution in [1.82, 2.24) is 0 Å². The fraction of sp³-hybridized carbons (Fsp3) is 0.455. The molecule has 0 bridgehead atoms. The molecule has 3 N–H and O–H groups in total. The number of rotatable bonds is 2. The fourth-order valence-electron chi connectivity index (χ4n) is 1.32. The first-order valence-electron chi connectivity index (χ1n) is 4.46. The molecule has 72 valence electrons. The Morgan fingerprint density at radius 1 is 1.31 bits per heavy atom. The minimum atomic E-state index is -0.869. The molecule has 0 spiro atoms. The Morgan fingerprint density at radius 2 is 1.85 bits per heavy atom. The third-order valence-electron chi connectivity index (χ3n) is 2.28. The minimum absolute atomic E-state index is 0.325. The maximum absolute atomic E-state index is 9.74. The van der Waals surface area contributed by atoms with Crippen molar-refractivity contribution in [3.63, 3.8) is 0 Å². The van der Waals surface area contributed by atoms with E-state index in [0.717, 1.165) is 11.1 Å². The van der Waals surface area contributed by atoms with Gasteiger partial charge in [-0.25, -0.2) is 0 Å². The average Bonchev–Trinajstić information content (AvgIpc) is 2.02. The van der Waals surface area contributed by atoms with Crippen LogP contribution in [0.1, 0.15) is 31.0 Å². The molecule has 0 unspecified atom stereocenters. The number of benzene rings is 1. The molecule has 1 aromatic carbocycles. The highest BCUT2D eigenvalue weighted by Crippen LogP contribution is 2.24. The smallest absolute Gasteiger partial charge is 0.0783 e. The Kier molecular flexibility index (Phi) is 2.74.